The van der Waals surface area contributed by atoms with E-state index < -0.39 is 0 Å². The highest BCUT2D eigenvalue weighted by molar-refractivity contribution is 8.00. The highest BCUT2D eigenvalue weighted by Gasteiger charge is 2.25. The molecule has 1 aliphatic rings. The van der Waals surface area contributed by atoms with Gasteiger partial charge in [0.1, 0.15) is 5.82 Å². The molecule has 1 N–H and O–H groups in total. The number of nitrogens with one attached hydrogen (secondary N) is 1. The second-order valence-electron chi connectivity index (χ2n) is 5.70. The zero-order valence-electron chi connectivity index (χ0n) is 12.3. The zero-order valence-corrected chi connectivity index (χ0v) is 13.1. The van der Waals surface area contributed by atoms with E-state index in [0.717, 1.165) is 42.5 Å². The van der Waals surface area contributed by atoms with Crippen LogP contribution < -0.4 is 10.2 Å². The fourth-order valence-corrected chi connectivity index (χ4v) is 3.58. The normalized spacial score (nSPS) is 19.1. The Morgan fingerprint density at radius 1 is 1.35 bits per heavy atom. The van der Waals surface area contributed by atoms with Gasteiger partial charge in [0.25, 0.3) is 0 Å². The van der Waals surface area contributed by atoms with Crippen molar-refractivity contribution in [3.63, 3.8) is 0 Å². The van der Waals surface area contributed by atoms with Gasteiger partial charge in [0.15, 0.2) is 11.5 Å². The molecule has 108 valence electrons. The van der Waals surface area contributed by atoms with Crippen LogP contribution >= 0.6 is 11.8 Å². The minimum Gasteiger partial charge on any atom is -0.372 e. The third-order valence-electron chi connectivity index (χ3n) is 3.75. The van der Waals surface area contributed by atoms with Crippen LogP contribution in [0.3, 0.4) is 0 Å². The van der Waals surface area contributed by atoms with E-state index in [9.17, 15) is 0 Å². The second-order valence-corrected chi connectivity index (χ2v) is 7.51. The molecule has 3 heterocycles. The Morgan fingerprint density at radius 3 is 3.00 bits per heavy atom. The monoisotopic (exact) mass is 291 g/mol. The van der Waals surface area contributed by atoms with Gasteiger partial charge in [-0.1, -0.05) is 13.8 Å². The molecule has 0 aliphatic carbocycles. The highest BCUT2D eigenvalue weighted by Crippen LogP contribution is 2.32. The van der Waals surface area contributed by atoms with E-state index in [2.05, 4.69) is 29.0 Å². The van der Waals surface area contributed by atoms with E-state index in [1.165, 1.54) is 0 Å². The molecule has 2 aromatic heterocycles. The van der Waals surface area contributed by atoms with Gasteiger partial charge in [-0.3, -0.25) is 0 Å². The molecule has 3 rings (SSSR count). The van der Waals surface area contributed by atoms with Crippen molar-refractivity contribution in [3.05, 3.63) is 18.6 Å². The van der Waals surface area contributed by atoms with Crippen LogP contribution in [0.15, 0.2) is 18.6 Å². The van der Waals surface area contributed by atoms with Crippen LogP contribution in [-0.2, 0) is 0 Å². The topological polar surface area (TPSA) is 45.5 Å². The summed E-state index contributed by atoms with van der Waals surface area (Å²) >= 11 is 2.04. The van der Waals surface area contributed by atoms with E-state index >= 15 is 0 Å². The minimum absolute atomic E-state index is 0.348. The van der Waals surface area contributed by atoms with Crippen LogP contribution in [0.25, 0.3) is 5.65 Å². The van der Waals surface area contributed by atoms with Gasteiger partial charge in [0.2, 0.25) is 0 Å². The molecule has 5 nitrogen and oxygen atoms in total. The Hall–Kier alpha value is -1.43. The van der Waals surface area contributed by atoms with Crippen molar-refractivity contribution in [2.45, 2.75) is 25.0 Å². The predicted octanol–water partition coefficient (Wildman–Crippen LogP) is 2.49. The van der Waals surface area contributed by atoms with E-state index in [-0.39, 0.29) is 0 Å². The molecule has 0 bridgehead atoms. The van der Waals surface area contributed by atoms with Crippen molar-refractivity contribution in [2.75, 3.05) is 36.1 Å². The molecule has 0 radical (unpaired) electrons. The standard InChI is InChI=1S/C14H21N5S/c1-14(2)4-6-18(8-9-20-14)13-12-16-5-7-19(12)10-11(15-3)17-13/h5,7,10,15H,4,6,8-9H2,1-3H3. The van der Waals surface area contributed by atoms with Crippen LogP contribution in [0.5, 0.6) is 0 Å². The molecular weight excluding hydrogens is 270 g/mol. The Bertz CT molecular complexity index is 607. The van der Waals surface area contributed by atoms with Crippen LogP contribution in [0, 0.1) is 0 Å². The molecule has 0 saturated carbocycles. The van der Waals surface area contributed by atoms with Gasteiger partial charge >= 0.3 is 0 Å². The number of aromatic nitrogens is 3. The number of fused-ring (bicyclic) bond motifs is 1. The molecule has 20 heavy (non-hydrogen) atoms. The molecule has 0 atom stereocenters. The van der Waals surface area contributed by atoms with E-state index in [4.69, 9.17) is 4.98 Å². The molecule has 0 amide bonds. The lowest BCUT2D eigenvalue weighted by atomic mass is 10.1. The molecule has 0 spiro atoms. The van der Waals surface area contributed by atoms with E-state index in [0.29, 0.717) is 4.75 Å². The summed E-state index contributed by atoms with van der Waals surface area (Å²) < 4.78 is 2.39. The Kier molecular flexibility index (Phi) is 3.50. The van der Waals surface area contributed by atoms with Crippen molar-refractivity contribution >= 4 is 29.0 Å². The van der Waals surface area contributed by atoms with Gasteiger partial charge in [-0.2, -0.15) is 11.8 Å². The Labute approximate surface area is 123 Å². The van der Waals surface area contributed by atoms with Crippen LogP contribution in [0.1, 0.15) is 20.3 Å². The number of hydrogen-bond donors (Lipinski definition) is 1. The minimum atomic E-state index is 0.348. The van der Waals surface area contributed by atoms with Crippen molar-refractivity contribution in [1.82, 2.24) is 14.4 Å². The summed E-state index contributed by atoms with van der Waals surface area (Å²) in [7, 11) is 1.90. The summed E-state index contributed by atoms with van der Waals surface area (Å²) in [4.78, 5) is 11.6. The quantitative estimate of drug-likeness (QED) is 0.921. The molecule has 1 fully saturated rings. The van der Waals surface area contributed by atoms with E-state index in [1.54, 1.807) is 0 Å². The zero-order chi connectivity index (χ0) is 14.2. The average Bonchev–Trinajstić information content (AvgIpc) is 2.82. The maximum Gasteiger partial charge on any atom is 0.180 e. The lowest BCUT2D eigenvalue weighted by molar-refractivity contribution is 0.635. The smallest absolute Gasteiger partial charge is 0.180 e. The van der Waals surface area contributed by atoms with Gasteiger partial charge in [0.05, 0.1) is 6.20 Å². The summed E-state index contributed by atoms with van der Waals surface area (Å²) in [5, 5.41) is 3.13. The lowest BCUT2D eigenvalue weighted by Crippen LogP contribution is -2.28. The molecule has 2 aromatic rings. The van der Waals surface area contributed by atoms with Gasteiger partial charge < -0.3 is 14.6 Å². The SMILES string of the molecule is CNc1cn2ccnc2c(N2CCSC(C)(C)CC2)n1. The van der Waals surface area contributed by atoms with Crippen LogP contribution in [-0.4, -0.2) is 45.0 Å². The number of hydrogen-bond acceptors (Lipinski definition) is 5. The van der Waals surface area contributed by atoms with Gasteiger partial charge in [0, 0.05) is 43.0 Å². The third kappa shape index (κ3) is 2.57. The Morgan fingerprint density at radius 2 is 2.20 bits per heavy atom. The van der Waals surface area contributed by atoms with Crippen molar-refractivity contribution in [1.29, 1.82) is 0 Å². The van der Waals surface area contributed by atoms with Crippen molar-refractivity contribution in [3.8, 4) is 0 Å². The largest absolute Gasteiger partial charge is 0.372 e. The lowest BCUT2D eigenvalue weighted by Gasteiger charge is -2.24. The van der Waals surface area contributed by atoms with Crippen LogP contribution in [0.2, 0.25) is 0 Å². The number of rotatable bonds is 2. The maximum absolute atomic E-state index is 4.73. The molecular formula is C14H21N5S. The van der Waals surface area contributed by atoms with Crippen molar-refractivity contribution in [2.24, 2.45) is 0 Å². The fourth-order valence-electron chi connectivity index (χ4n) is 2.48. The van der Waals surface area contributed by atoms with Gasteiger partial charge in [-0.15, -0.1) is 0 Å². The summed E-state index contributed by atoms with van der Waals surface area (Å²) in [5.41, 5.74) is 0.939. The number of anilines is 2. The van der Waals surface area contributed by atoms with Gasteiger partial charge in [-0.25, -0.2) is 9.97 Å². The Balaban J connectivity index is 1.98. The molecule has 0 unspecified atom stereocenters. The predicted molar refractivity (Wildman–Crippen MR) is 85.9 cm³/mol. The first-order valence-electron chi connectivity index (χ1n) is 6.99. The second kappa shape index (κ2) is 5.16. The number of thioether (sulfide) groups is 1. The summed E-state index contributed by atoms with van der Waals surface area (Å²) in [6.07, 6.45) is 6.94. The summed E-state index contributed by atoms with van der Waals surface area (Å²) in [5.74, 6) is 2.99. The summed E-state index contributed by atoms with van der Waals surface area (Å²) in [6.45, 7) is 6.70. The fraction of sp³-hybridized carbons (Fsp3) is 0.571. The number of nitrogens with zero attached hydrogens (tertiary/aromatic N) is 4. The van der Waals surface area contributed by atoms with Crippen molar-refractivity contribution < 1.29 is 0 Å². The van der Waals surface area contributed by atoms with Crippen LogP contribution in [0.4, 0.5) is 11.6 Å². The molecule has 0 aromatic carbocycles. The first-order chi connectivity index (χ1) is 9.59. The summed E-state index contributed by atoms with van der Waals surface area (Å²) in [6, 6.07) is 0. The highest BCUT2D eigenvalue weighted by atomic mass is 32.2. The first-order valence-corrected chi connectivity index (χ1v) is 7.98. The average molecular weight is 291 g/mol. The maximum atomic E-state index is 4.73. The third-order valence-corrected chi connectivity index (χ3v) is 5.12. The first kappa shape index (κ1) is 13.5. The van der Waals surface area contributed by atoms with E-state index in [1.807, 2.05) is 41.8 Å². The van der Waals surface area contributed by atoms with Gasteiger partial charge in [-0.05, 0) is 6.42 Å². The molecule has 1 aliphatic heterocycles. The molecule has 6 heteroatoms. The molecule has 1 saturated heterocycles. The number of imidazole rings is 1.